The summed E-state index contributed by atoms with van der Waals surface area (Å²) >= 11 is 0. The molecule has 9 rings (SSSR count). The number of nitriles is 1. The second-order valence-corrected chi connectivity index (χ2v) is 18.9. The number of carbonyl (C=O) groups is 3. The van der Waals surface area contributed by atoms with Crippen molar-refractivity contribution < 1.29 is 33.0 Å². The minimum Gasteiger partial charge on any atom is -0.494 e. The number of nitrogens with zero attached hydrogens (tertiary/aromatic N) is 8. The number of rotatable bonds is 9. The van der Waals surface area contributed by atoms with Gasteiger partial charge in [-0.2, -0.15) is 10.4 Å². The van der Waals surface area contributed by atoms with Gasteiger partial charge in [-0.25, -0.2) is 13.6 Å². The monoisotopic (exact) mass is 892 g/mol. The number of aliphatic hydroxyl groups is 1. The number of fused-ring (bicyclic) bond motifs is 2. The van der Waals surface area contributed by atoms with Crippen LogP contribution in [0.3, 0.4) is 0 Å². The van der Waals surface area contributed by atoms with Crippen LogP contribution in [0.25, 0.3) is 21.9 Å². The third-order valence-electron chi connectivity index (χ3n) is 14.5. The number of imide groups is 1. The summed E-state index contributed by atoms with van der Waals surface area (Å²) in [4.78, 5) is 59.5. The van der Waals surface area contributed by atoms with Crippen LogP contribution in [-0.2, 0) is 22.2 Å². The van der Waals surface area contributed by atoms with Crippen LogP contribution in [0, 0.1) is 22.7 Å². The lowest BCUT2D eigenvalue weighted by Gasteiger charge is -2.52. The lowest BCUT2D eigenvalue weighted by atomic mass is 9.68. The zero-order chi connectivity index (χ0) is 46.0. The van der Waals surface area contributed by atoms with E-state index < -0.39 is 40.5 Å². The molecule has 1 saturated carbocycles. The Bertz CT molecular complexity index is 2800. The molecular formula is C47H54F2N10O6. The van der Waals surface area contributed by atoms with Crippen molar-refractivity contribution in [1.29, 1.82) is 5.26 Å². The zero-order valence-corrected chi connectivity index (χ0v) is 37.1. The average Bonchev–Trinajstić information content (AvgIpc) is 3.81. The van der Waals surface area contributed by atoms with Gasteiger partial charge in [0.1, 0.15) is 23.5 Å². The van der Waals surface area contributed by atoms with Gasteiger partial charge in [0.05, 0.1) is 53.0 Å². The lowest BCUT2D eigenvalue weighted by Crippen LogP contribution is -2.59. The largest absolute Gasteiger partial charge is 0.494 e. The number of ether oxygens (including phenoxy) is 1. The third kappa shape index (κ3) is 8.02. The summed E-state index contributed by atoms with van der Waals surface area (Å²) in [6.45, 7) is 4.88. The molecule has 4 fully saturated rings. The van der Waals surface area contributed by atoms with Gasteiger partial charge in [-0.05, 0) is 108 Å². The van der Waals surface area contributed by atoms with E-state index in [2.05, 4.69) is 15.6 Å². The fourth-order valence-electron chi connectivity index (χ4n) is 10.8. The Morgan fingerprint density at radius 1 is 1.05 bits per heavy atom. The van der Waals surface area contributed by atoms with Crippen molar-refractivity contribution in [2.75, 3.05) is 50.1 Å². The van der Waals surface area contributed by atoms with E-state index in [1.807, 2.05) is 26.7 Å². The van der Waals surface area contributed by atoms with E-state index in [4.69, 9.17) is 9.84 Å². The number of pyridine rings is 1. The number of amides is 3. The molecule has 5 aromatic rings. The molecule has 3 N–H and O–H groups in total. The number of nitrogens with one attached hydrogen (secondary N) is 2. The normalized spacial score (nSPS) is 22.6. The van der Waals surface area contributed by atoms with E-state index in [-0.39, 0.29) is 61.2 Å². The number of likely N-dealkylation sites (tertiary alicyclic amines) is 1. The van der Waals surface area contributed by atoms with Gasteiger partial charge in [-0.1, -0.05) is 0 Å². The second kappa shape index (κ2) is 16.7. The zero-order valence-electron chi connectivity index (χ0n) is 37.1. The number of benzene rings is 2. The van der Waals surface area contributed by atoms with E-state index in [0.717, 1.165) is 31.1 Å². The standard InChI is InChI=1S/C47H54F2N10O6/c1-45(2,64)33-21-34-31(20-35(33)52-42(61)30-19-29(22-50)23-51-24-30)26-58(54-34)32-7-5-28(6-8-32)25-56-16-13-46(47(48,49)27-56)14-17-57(18-15-46)41-38(65-4)11-9-36-40(41)55(3)44(63)59(36)37-10-12-39(60)53-43(37)62/h9,11,19-21,23-24,26,28,32,37,64H,5-8,10,12-18,25,27H2,1-4H3,(H,52,61)(H,53,60,62). The molecule has 4 aliphatic rings. The highest BCUT2D eigenvalue weighted by atomic mass is 19.3. The molecule has 1 aliphatic carbocycles. The van der Waals surface area contributed by atoms with Gasteiger partial charge >= 0.3 is 5.69 Å². The summed E-state index contributed by atoms with van der Waals surface area (Å²) in [6.07, 6.45) is 9.39. The second-order valence-electron chi connectivity index (χ2n) is 18.9. The predicted octanol–water partition coefficient (Wildman–Crippen LogP) is 5.78. The Kier molecular flexibility index (Phi) is 11.3. The number of hydrogen-bond donors (Lipinski definition) is 3. The molecule has 342 valence electrons. The van der Waals surface area contributed by atoms with E-state index >= 15 is 8.78 Å². The molecule has 2 aromatic carbocycles. The maximum Gasteiger partial charge on any atom is 0.329 e. The first-order chi connectivity index (χ1) is 31.0. The third-order valence-corrected chi connectivity index (χ3v) is 14.5. The fourth-order valence-corrected chi connectivity index (χ4v) is 10.8. The maximum absolute atomic E-state index is 16.5. The van der Waals surface area contributed by atoms with E-state index in [9.17, 15) is 29.5 Å². The summed E-state index contributed by atoms with van der Waals surface area (Å²) in [6, 6.07) is 9.78. The van der Waals surface area contributed by atoms with Gasteiger partial charge in [0, 0.05) is 73.7 Å². The molecule has 6 heterocycles. The summed E-state index contributed by atoms with van der Waals surface area (Å²) in [5.41, 5.74) is 0.933. The first kappa shape index (κ1) is 44.0. The summed E-state index contributed by atoms with van der Waals surface area (Å²) in [5, 5.41) is 31.2. The molecule has 1 unspecified atom stereocenters. The highest BCUT2D eigenvalue weighted by molar-refractivity contribution is 6.06. The minimum absolute atomic E-state index is 0.112. The molecule has 0 radical (unpaired) electrons. The minimum atomic E-state index is -2.90. The Labute approximate surface area is 374 Å². The van der Waals surface area contributed by atoms with Crippen molar-refractivity contribution in [2.24, 2.45) is 18.4 Å². The van der Waals surface area contributed by atoms with Crippen molar-refractivity contribution in [2.45, 2.75) is 95.2 Å². The van der Waals surface area contributed by atoms with E-state index in [1.165, 1.54) is 34.7 Å². The van der Waals surface area contributed by atoms with Crippen molar-refractivity contribution >= 4 is 51.0 Å². The Hall–Kier alpha value is -6.19. The molecule has 1 atom stereocenters. The first-order valence-electron chi connectivity index (χ1n) is 22.4. The number of imidazole rings is 1. The van der Waals surface area contributed by atoms with Crippen LogP contribution in [0.1, 0.15) is 105 Å². The van der Waals surface area contributed by atoms with Crippen LogP contribution in [0.2, 0.25) is 0 Å². The number of carbonyl (C=O) groups excluding carboxylic acids is 3. The Morgan fingerprint density at radius 2 is 1.78 bits per heavy atom. The Morgan fingerprint density at radius 3 is 2.46 bits per heavy atom. The van der Waals surface area contributed by atoms with Crippen molar-refractivity contribution in [1.82, 2.24) is 34.1 Å². The molecular weight excluding hydrogens is 839 g/mol. The molecule has 18 heteroatoms. The van der Waals surface area contributed by atoms with Gasteiger partial charge < -0.3 is 20.1 Å². The summed E-state index contributed by atoms with van der Waals surface area (Å²) in [5.74, 6) is -3.48. The van der Waals surface area contributed by atoms with Gasteiger partial charge in [-0.3, -0.25) is 43.4 Å². The summed E-state index contributed by atoms with van der Waals surface area (Å²) in [7, 11) is 3.17. The predicted molar refractivity (Wildman–Crippen MR) is 238 cm³/mol. The number of piperidine rings is 3. The number of halogens is 2. The molecule has 0 bridgehead atoms. The number of hydrogen-bond acceptors (Lipinski definition) is 11. The highest BCUT2D eigenvalue weighted by Crippen LogP contribution is 2.52. The van der Waals surface area contributed by atoms with Gasteiger partial charge in [-0.15, -0.1) is 0 Å². The lowest BCUT2D eigenvalue weighted by molar-refractivity contribution is -0.179. The number of methoxy groups -OCH3 is 1. The number of anilines is 2. The quantitative estimate of drug-likeness (QED) is 0.152. The fraction of sp³-hybridized carbons (Fsp3) is 0.511. The van der Waals surface area contributed by atoms with Crippen LogP contribution in [0.5, 0.6) is 5.75 Å². The van der Waals surface area contributed by atoms with E-state index in [0.29, 0.717) is 71.8 Å². The average molecular weight is 893 g/mol. The molecule has 3 aliphatic heterocycles. The van der Waals surface area contributed by atoms with Gasteiger partial charge in [0.25, 0.3) is 11.8 Å². The molecule has 16 nitrogen and oxygen atoms in total. The smallest absolute Gasteiger partial charge is 0.329 e. The summed E-state index contributed by atoms with van der Waals surface area (Å²) < 4.78 is 43.6. The number of alkyl halides is 2. The van der Waals surface area contributed by atoms with Crippen LogP contribution < -0.4 is 26.0 Å². The molecule has 65 heavy (non-hydrogen) atoms. The number of aryl methyl sites for hydroxylation is 1. The molecule has 3 saturated heterocycles. The van der Waals surface area contributed by atoms with Crippen molar-refractivity contribution in [3.8, 4) is 11.8 Å². The van der Waals surface area contributed by atoms with Crippen LogP contribution in [0.4, 0.5) is 20.2 Å². The molecule has 3 amide bonds. The maximum atomic E-state index is 16.5. The first-order valence-corrected chi connectivity index (χ1v) is 22.4. The SMILES string of the molecule is COc1ccc2c(c1N1CCC3(CCN(CC4CCC(n5cc6cc(NC(=O)c7cncc(C#N)c7)c(C(C)(C)O)cc6n5)CC4)CC3(F)F)CC1)n(C)c(=O)n2C1CCC(=O)NC1=O. The molecule has 1 spiro atoms. The van der Waals surface area contributed by atoms with Crippen LogP contribution >= 0.6 is 0 Å². The Balaban J connectivity index is 0.834. The van der Waals surface area contributed by atoms with Crippen molar-refractivity contribution in [3.05, 3.63) is 76.1 Å². The van der Waals surface area contributed by atoms with Crippen molar-refractivity contribution in [3.63, 3.8) is 0 Å². The molecule has 3 aromatic heterocycles. The van der Waals surface area contributed by atoms with Crippen LogP contribution in [0.15, 0.2) is 53.7 Å². The topological polar surface area (TPSA) is 193 Å². The van der Waals surface area contributed by atoms with E-state index in [1.54, 1.807) is 45.2 Å². The number of aromatic nitrogens is 5. The van der Waals surface area contributed by atoms with Gasteiger partial charge in [0.2, 0.25) is 11.8 Å². The van der Waals surface area contributed by atoms with Crippen LogP contribution in [-0.4, -0.2) is 97.4 Å². The van der Waals surface area contributed by atoms with Gasteiger partial charge in [0.15, 0.2) is 0 Å². The highest BCUT2D eigenvalue weighted by Gasteiger charge is 2.57.